The van der Waals surface area contributed by atoms with Gasteiger partial charge in [-0.3, -0.25) is 9.59 Å². The van der Waals surface area contributed by atoms with Crippen molar-refractivity contribution in [3.63, 3.8) is 0 Å². The number of aliphatic hydroxyl groups is 1. The number of carboxylic acids is 1. The van der Waals surface area contributed by atoms with Gasteiger partial charge in [-0.05, 0) is 6.42 Å². The summed E-state index contributed by atoms with van der Waals surface area (Å²) < 4.78 is 0. The Morgan fingerprint density at radius 1 is 1.18 bits per heavy atom. The minimum atomic E-state index is -1.08. The Labute approximate surface area is 102 Å². The van der Waals surface area contributed by atoms with Crippen LogP contribution in [-0.2, 0) is 9.59 Å². The monoisotopic (exact) mass is 245 g/mol. The van der Waals surface area contributed by atoms with Crippen LogP contribution in [0.4, 0.5) is 0 Å². The van der Waals surface area contributed by atoms with Crippen molar-refractivity contribution in [2.45, 2.75) is 58.0 Å². The molecule has 0 aliphatic heterocycles. The van der Waals surface area contributed by atoms with Crippen LogP contribution in [0.3, 0.4) is 0 Å². The third kappa shape index (κ3) is 11.2. The van der Waals surface area contributed by atoms with Crippen molar-refractivity contribution < 1.29 is 19.8 Å². The van der Waals surface area contributed by atoms with Crippen LogP contribution >= 0.6 is 0 Å². The van der Waals surface area contributed by atoms with Gasteiger partial charge in [-0.2, -0.15) is 0 Å². The predicted molar refractivity (Wildman–Crippen MR) is 64.6 cm³/mol. The van der Waals surface area contributed by atoms with Crippen LogP contribution in [0.1, 0.15) is 51.9 Å². The molecule has 0 heterocycles. The van der Waals surface area contributed by atoms with E-state index in [0.29, 0.717) is 6.42 Å². The van der Waals surface area contributed by atoms with Gasteiger partial charge in [0.2, 0.25) is 5.91 Å². The smallest absolute Gasteiger partial charge is 0.322 e. The van der Waals surface area contributed by atoms with Crippen molar-refractivity contribution >= 4 is 11.9 Å². The van der Waals surface area contributed by atoms with Gasteiger partial charge in [-0.15, -0.1) is 0 Å². The molecule has 0 bridgehead atoms. The second-order valence-electron chi connectivity index (χ2n) is 4.23. The van der Waals surface area contributed by atoms with Gasteiger partial charge in [0.1, 0.15) is 6.54 Å². The number of unbranched alkanes of at least 4 members (excludes halogenated alkanes) is 4. The van der Waals surface area contributed by atoms with Crippen molar-refractivity contribution in [1.82, 2.24) is 5.32 Å². The Bertz CT molecular complexity index is 231. The topological polar surface area (TPSA) is 86.6 Å². The lowest BCUT2D eigenvalue weighted by Crippen LogP contribution is -2.31. The first kappa shape index (κ1) is 15.9. The van der Waals surface area contributed by atoms with Crippen LogP contribution in [-0.4, -0.2) is 34.7 Å². The van der Waals surface area contributed by atoms with Crippen LogP contribution in [0.2, 0.25) is 0 Å². The molecule has 0 aromatic heterocycles. The van der Waals surface area contributed by atoms with Crippen LogP contribution in [0.25, 0.3) is 0 Å². The first-order valence-electron chi connectivity index (χ1n) is 6.22. The molecule has 100 valence electrons. The van der Waals surface area contributed by atoms with Gasteiger partial charge in [0, 0.05) is 0 Å². The van der Waals surface area contributed by atoms with Crippen molar-refractivity contribution in [3.8, 4) is 0 Å². The molecule has 0 rings (SSSR count). The summed E-state index contributed by atoms with van der Waals surface area (Å²) in [5, 5.41) is 20.1. The minimum Gasteiger partial charge on any atom is -0.480 e. The molecule has 0 saturated heterocycles. The summed E-state index contributed by atoms with van der Waals surface area (Å²) in [5.41, 5.74) is 0. The van der Waals surface area contributed by atoms with Crippen molar-refractivity contribution in [2.24, 2.45) is 0 Å². The van der Waals surface area contributed by atoms with Crippen LogP contribution in [0.5, 0.6) is 0 Å². The molecule has 0 aliphatic carbocycles. The highest BCUT2D eigenvalue weighted by Gasteiger charge is 2.11. The first-order valence-corrected chi connectivity index (χ1v) is 6.22. The van der Waals surface area contributed by atoms with E-state index in [9.17, 15) is 14.7 Å². The van der Waals surface area contributed by atoms with Crippen LogP contribution in [0.15, 0.2) is 0 Å². The second-order valence-corrected chi connectivity index (χ2v) is 4.23. The van der Waals surface area contributed by atoms with E-state index in [1.165, 1.54) is 12.8 Å². The third-order valence-electron chi connectivity index (χ3n) is 2.50. The van der Waals surface area contributed by atoms with E-state index < -0.39 is 18.0 Å². The summed E-state index contributed by atoms with van der Waals surface area (Å²) in [4.78, 5) is 21.3. The molecule has 0 radical (unpaired) electrons. The predicted octanol–water partition coefficient (Wildman–Crippen LogP) is 1.30. The standard InChI is InChI=1S/C12H23NO4/c1-2-3-4-5-6-7-10(14)8-11(15)13-9-12(16)17/h10,14H,2-9H2,1H3,(H,13,15)(H,16,17). The van der Waals surface area contributed by atoms with Crippen molar-refractivity contribution in [1.29, 1.82) is 0 Å². The van der Waals surface area contributed by atoms with Gasteiger partial charge in [0.05, 0.1) is 12.5 Å². The second kappa shape index (κ2) is 10.1. The average Bonchev–Trinajstić information content (AvgIpc) is 2.26. The lowest BCUT2D eigenvalue weighted by molar-refractivity contribution is -0.138. The maximum atomic E-state index is 11.2. The molecule has 17 heavy (non-hydrogen) atoms. The third-order valence-corrected chi connectivity index (χ3v) is 2.50. The first-order chi connectivity index (χ1) is 8.06. The molecule has 1 amide bonds. The summed E-state index contributed by atoms with van der Waals surface area (Å²) in [6, 6.07) is 0. The van der Waals surface area contributed by atoms with Gasteiger partial charge < -0.3 is 15.5 Å². The largest absolute Gasteiger partial charge is 0.480 e. The normalized spacial score (nSPS) is 12.1. The van der Waals surface area contributed by atoms with Crippen LogP contribution in [0, 0.1) is 0 Å². The molecule has 0 aromatic carbocycles. The lowest BCUT2D eigenvalue weighted by atomic mass is 10.1. The van der Waals surface area contributed by atoms with Gasteiger partial charge in [0.15, 0.2) is 0 Å². The van der Waals surface area contributed by atoms with E-state index in [0.717, 1.165) is 19.3 Å². The molecule has 0 saturated carbocycles. The maximum Gasteiger partial charge on any atom is 0.322 e. The number of aliphatic hydroxyl groups excluding tert-OH is 1. The molecule has 1 atom stereocenters. The van der Waals surface area contributed by atoms with E-state index in [1.807, 2.05) is 0 Å². The Balaban J connectivity index is 3.47. The highest BCUT2D eigenvalue weighted by Crippen LogP contribution is 2.08. The summed E-state index contributed by atoms with van der Waals surface area (Å²) in [7, 11) is 0. The Morgan fingerprint density at radius 3 is 2.41 bits per heavy atom. The zero-order chi connectivity index (χ0) is 13.1. The number of aliphatic carboxylic acids is 1. The number of carbonyl (C=O) groups is 2. The summed E-state index contributed by atoms with van der Waals surface area (Å²) in [5.74, 6) is -1.49. The van der Waals surface area contributed by atoms with E-state index >= 15 is 0 Å². The fourth-order valence-electron chi connectivity index (χ4n) is 1.55. The lowest BCUT2D eigenvalue weighted by Gasteiger charge is -2.09. The SMILES string of the molecule is CCCCCCCC(O)CC(=O)NCC(=O)O. The molecule has 0 spiro atoms. The van der Waals surface area contributed by atoms with Gasteiger partial charge in [0.25, 0.3) is 0 Å². The van der Waals surface area contributed by atoms with Gasteiger partial charge in [-0.1, -0.05) is 39.0 Å². The molecular formula is C12H23NO4. The molecule has 5 heteroatoms. The summed E-state index contributed by atoms with van der Waals surface area (Å²) >= 11 is 0. The van der Waals surface area contributed by atoms with Crippen LogP contribution < -0.4 is 5.32 Å². The molecule has 5 nitrogen and oxygen atoms in total. The number of hydrogen-bond acceptors (Lipinski definition) is 3. The van der Waals surface area contributed by atoms with E-state index in [-0.39, 0.29) is 13.0 Å². The minimum absolute atomic E-state index is 0.0128. The highest BCUT2D eigenvalue weighted by atomic mass is 16.4. The highest BCUT2D eigenvalue weighted by molar-refractivity contribution is 5.81. The van der Waals surface area contributed by atoms with E-state index in [1.54, 1.807) is 0 Å². The molecule has 0 aliphatic rings. The summed E-state index contributed by atoms with van der Waals surface area (Å²) in [6.45, 7) is 1.75. The molecule has 1 unspecified atom stereocenters. The Hall–Kier alpha value is -1.10. The van der Waals surface area contributed by atoms with Crippen molar-refractivity contribution in [3.05, 3.63) is 0 Å². The molecule has 0 fully saturated rings. The fraction of sp³-hybridized carbons (Fsp3) is 0.833. The maximum absolute atomic E-state index is 11.2. The quantitative estimate of drug-likeness (QED) is 0.506. The number of hydrogen-bond donors (Lipinski definition) is 3. The zero-order valence-corrected chi connectivity index (χ0v) is 10.4. The number of amides is 1. The average molecular weight is 245 g/mol. The molecular weight excluding hydrogens is 222 g/mol. The molecule has 0 aromatic rings. The summed E-state index contributed by atoms with van der Waals surface area (Å²) in [6.07, 6.45) is 5.45. The Kier molecular flexibility index (Phi) is 9.43. The number of nitrogens with one attached hydrogen (secondary N) is 1. The molecule has 3 N–H and O–H groups in total. The Morgan fingerprint density at radius 2 is 1.82 bits per heavy atom. The number of carbonyl (C=O) groups excluding carboxylic acids is 1. The van der Waals surface area contributed by atoms with Crippen molar-refractivity contribution in [2.75, 3.05) is 6.54 Å². The van der Waals surface area contributed by atoms with Gasteiger partial charge >= 0.3 is 5.97 Å². The number of rotatable bonds is 10. The zero-order valence-electron chi connectivity index (χ0n) is 10.4. The fourth-order valence-corrected chi connectivity index (χ4v) is 1.55. The van der Waals surface area contributed by atoms with E-state index in [2.05, 4.69) is 12.2 Å². The number of carboxylic acid groups (broad SMARTS) is 1. The van der Waals surface area contributed by atoms with E-state index in [4.69, 9.17) is 5.11 Å². The van der Waals surface area contributed by atoms with Gasteiger partial charge in [-0.25, -0.2) is 0 Å².